The molecule has 0 bridgehead atoms. The summed E-state index contributed by atoms with van der Waals surface area (Å²) in [5.41, 5.74) is 2.67. The Kier molecular flexibility index (Phi) is 4.72. The number of rotatable bonds is 3. The van der Waals surface area contributed by atoms with E-state index in [1.165, 1.54) is 0 Å². The molecule has 2 aliphatic rings. The van der Waals surface area contributed by atoms with E-state index in [9.17, 15) is 4.79 Å². The first-order valence-electron chi connectivity index (χ1n) is 9.66. The molecule has 0 radical (unpaired) electrons. The minimum absolute atomic E-state index is 0.104. The summed E-state index contributed by atoms with van der Waals surface area (Å²) >= 11 is 3.45. The molecule has 0 saturated heterocycles. The fourth-order valence-corrected chi connectivity index (χ4v) is 4.60. The Morgan fingerprint density at radius 2 is 2.00 bits per heavy atom. The van der Waals surface area contributed by atoms with E-state index in [-0.39, 0.29) is 17.9 Å². The lowest BCUT2D eigenvalue weighted by Gasteiger charge is -2.27. The fraction of sp³-hybridized carbons (Fsp3) is 0.217. The van der Waals surface area contributed by atoms with Crippen molar-refractivity contribution in [2.24, 2.45) is 11.0 Å². The molecule has 2 aromatic heterocycles. The molecule has 2 atom stereocenters. The molecule has 1 saturated carbocycles. The van der Waals surface area contributed by atoms with Crippen LogP contribution in [0.25, 0.3) is 6.08 Å². The van der Waals surface area contributed by atoms with E-state index in [1.54, 1.807) is 17.5 Å². The van der Waals surface area contributed by atoms with Crippen LogP contribution in [0.15, 0.2) is 85.0 Å². The van der Waals surface area contributed by atoms with Gasteiger partial charge in [-0.15, -0.1) is 0 Å². The third-order valence-electron chi connectivity index (χ3n) is 5.48. The highest BCUT2D eigenvalue weighted by Gasteiger charge is 2.45. The van der Waals surface area contributed by atoms with Crippen LogP contribution in [0.3, 0.4) is 0 Å². The summed E-state index contributed by atoms with van der Waals surface area (Å²) in [5, 5.41) is 6.43. The largest absolute Gasteiger partial charge is 0.467 e. The lowest BCUT2D eigenvalue weighted by atomic mass is 9.79. The number of amides is 1. The van der Waals surface area contributed by atoms with Crippen molar-refractivity contribution in [3.8, 4) is 0 Å². The molecule has 3 aromatic rings. The first-order chi connectivity index (χ1) is 14.2. The predicted molar refractivity (Wildman–Crippen MR) is 113 cm³/mol. The average Bonchev–Trinajstić information content (AvgIpc) is 3.48. The van der Waals surface area contributed by atoms with Gasteiger partial charge in [-0.2, -0.15) is 5.10 Å². The molecule has 1 aliphatic carbocycles. The number of furan rings is 2. The van der Waals surface area contributed by atoms with Gasteiger partial charge in [0.05, 0.1) is 18.2 Å². The minimum atomic E-state index is -0.244. The molecule has 1 aliphatic heterocycles. The number of halogens is 1. The Morgan fingerprint density at radius 1 is 1.14 bits per heavy atom. The molecule has 1 fully saturated rings. The Balaban J connectivity index is 1.57. The third kappa shape index (κ3) is 3.38. The lowest BCUT2D eigenvalue weighted by molar-refractivity contribution is 0.0656. The second-order valence-corrected chi connectivity index (χ2v) is 8.20. The van der Waals surface area contributed by atoms with E-state index in [0.717, 1.165) is 46.5 Å². The van der Waals surface area contributed by atoms with Gasteiger partial charge in [-0.3, -0.25) is 4.79 Å². The van der Waals surface area contributed by atoms with Gasteiger partial charge >= 0.3 is 0 Å². The van der Waals surface area contributed by atoms with Crippen molar-refractivity contribution < 1.29 is 13.6 Å². The molecule has 5 nitrogen and oxygen atoms in total. The molecule has 5 rings (SSSR count). The zero-order chi connectivity index (χ0) is 19.8. The molecular formula is C23H19BrN2O3. The van der Waals surface area contributed by atoms with E-state index >= 15 is 0 Å². The summed E-state index contributed by atoms with van der Waals surface area (Å²) in [4.78, 5) is 13.4. The summed E-state index contributed by atoms with van der Waals surface area (Å²) < 4.78 is 12.1. The zero-order valence-corrected chi connectivity index (χ0v) is 17.2. The number of benzene rings is 1. The van der Waals surface area contributed by atoms with Gasteiger partial charge in [0.1, 0.15) is 17.6 Å². The van der Waals surface area contributed by atoms with E-state index in [2.05, 4.69) is 15.9 Å². The zero-order valence-electron chi connectivity index (χ0n) is 15.6. The standard InChI is InChI=1S/C23H19BrN2O3/c24-17-7-1-6-16(13-17)23(27)26-22(20-10-4-12-29-20)19-9-2-5-15(21(19)25-26)14-18-8-3-11-28-18/h1,3-4,6-8,10-14,19,22H,2,5,9H2/b15-14+/t19-,22+/m0/s1. The van der Waals surface area contributed by atoms with E-state index in [4.69, 9.17) is 13.9 Å². The molecule has 0 spiro atoms. The van der Waals surface area contributed by atoms with Gasteiger partial charge in [0.25, 0.3) is 5.91 Å². The number of carbonyl (C=O) groups is 1. The summed E-state index contributed by atoms with van der Waals surface area (Å²) in [6.45, 7) is 0. The lowest BCUT2D eigenvalue weighted by Crippen LogP contribution is -2.31. The Hall–Kier alpha value is -2.86. The fourth-order valence-electron chi connectivity index (χ4n) is 4.20. The van der Waals surface area contributed by atoms with Gasteiger partial charge in [0, 0.05) is 16.0 Å². The smallest absolute Gasteiger partial charge is 0.274 e. The van der Waals surface area contributed by atoms with Gasteiger partial charge in [0.2, 0.25) is 0 Å². The van der Waals surface area contributed by atoms with Crippen LogP contribution in [0.5, 0.6) is 0 Å². The van der Waals surface area contributed by atoms with Crippen LogP contribution in [-0.4, -0.2) is 16.6 Å². The predicted octanol–water partition coefficient (Wildman–Crippen LogP) is 6.07. The molecule has 3 heterocycles. The normalized spacial score (nSPS) is 22.6. The number of carbonyl (C=O) groups excluding carboxylic acids is 1. The van der Waals surface area contributed by atoms with Crippen molar-refractivity contribution in [1.82, 2.24) is 5.01 Å². The molecule has 146 valence electrons. The van der Waals surface area contributed by atoms with Crippen molar-refractivity contribution in [3.05, 3.63) is 88.2 Å². The number of allylic oxidation sites excluding steroid dienone is 1. The molecule has 1 amide bonds. The van der Waals surface area contributed by atoms with Crippen LogP contribution in [0.4, 0.5) is 0 Å². The quantitative estimate of drug-likeness (QED) is 0.486. The van der Waals surface area contributed by atoms with Gasteiger partial charge in [-0.25, -0.2) is 5.01 Å². The summed E-state index contributed by atoms with van der Waals surface area (Å²) in [6, 6.07) is 14.7. The molecule has 6 heteroatoms. The second-order valence-electron chi connectivity index (χ2n) is 7.29. The van der Waals surface area contributed by atoms with Gasteiger partial charge in [0.15, 0.2) is 0 Å². The van der Waals surface area contributed by atoms with Gasteiger partial charge in [-0.1, -0.05) is 22.0 Å². The van der Waals surface area contributed by atoms with Gasteiger partial charge in [-0.05, 0) is 73.4 Å². The van der Waals surface area contributed by atoms with Crippen molar-refractivity contribution in [2.45, 2.75) is 25.3 Å². The number of nitrogens with zero attached hydrogens (tertiary/aromatic N) is 2. The van der Waals surface area contributed by atoms with Crippen molar-refractivity contribution >= 4 is 33.6 Å². The van der Waals surface area contributed by atoms with Gasteiger partial charge < -0.3 is 8.83 Å². The molecular weight excluding hydrogens is 432 g/mol. The first kappa shape index (κ1) is 18.2. The number of hydrazone groups is 1. The van der Waals surface area contributed by atoms with Crippen LogP contribution < -0.4 is 0 Å². The SMILES string of the molecule is O=C(c1cccc(Br)c1)N1N=C2/C(=C/c3ccco3)CCC[C@@H]2[C@@H]1c1ccco1. The van der Waals surface area contributed by atoms with E-state index in [1.807, 2.05) is 54.6 Å². The first-order valence-corrected chi connectivity index (χ1v) is 10.5. The van der Waals surface area contributed by atoms with Crippen molar-refractivity contribution in [3.63, 3.8) is 0 Å². The summed E-state index contributed by atoms with van der Waals surface area (Å²) in [5.74, 6) is 1.53. The van der Waals surface area contributed by atoms with Crippen LogP contribution in [0.2, 0.25) is 0 Å². The Labute approximate surface area is 176 Å². The maximum Gasteiger partial charge on any atom is 0.274 e. The van der Waals surface area contributed by atoms with Crippen LogP contribution >= 0.6 is 15.9 Å². The second kappa shape index (κ2) is 7.52. The third-order valence-corrected chi connectivity index (χ3v) is 5.97. The Bertz CT molecular complexity index is 1080. The Morgan fingerprint density at radius 3 is 2.76 bits per heavy atom. The molecule has 29 heavy (non-hydrogen) atoms. The number of hydrogen-bond acceptors (Lipinski definition) is 4. The summed E-state index contributed by atoms with van der Waals surface area (Å²) in [6.07, 6.45) is 8.26. The number of hydrogen-bond donors (Lipinski definition) is 0. The van der Waals surface area contributed by atoms with Crippen molar-refractivity contribution in [2.75, 3.05) is 0 Å². The molecule has 1 aromatic carbocycles. The van der Waals surface area contributed by atoms with Crippen LogP contribution in [-0.2, 0) is 0 Å². The van der Waals surface area contributed by atoms with Crippen molar-refractivity contribution in [1.29, 1.82) is 0 Å². The highest BCUT2D eigenvalue weighted by atomic mass is 79.9. The van der Waals surface area contributed by atoms with Crippen LogP contribution in [0.1, 0.15) is 47.2 Å². The monoisotopic (exact) mass is 450 g/mol. The average molecular weight is 451 g/mol. The molecule has 0 N–H and O–H groups in total. The van der Waals surface area contributed by atoms with E-state index < -0.39 is 0 Å². The van der Waals surface area contributed by atoms with E-state index in [0.29, 0.717) is 5.56 Å². The topological polar surface area (TPSA) is 59.0 Å². The number of fused-ring (bicyclic) bond motifs is 1. The maximum absolute atomic E-state index is 13.4. The molecule has 0 unspecified atom stereocenters. The highest BCUT2D eigenvalue weighted by Crippen LogP contribution is 2.45. The maximum atomic E-state index is 13.4. The minimum Gasteiger partial charge on any atom is -0.467 e. The van der Waals surface area contributed by atoms with Crippen LogP contribution in [0, 0.1) is 5.92 Å². The highest BCUT2D eigenvalue weighted by molar-refractivity contribution is 9.10. The summed E-state index contributed by atoms with van der Waals surface area (Å²) in [7, 11) is 0.